The van der Waals surface area contributed by atoms with Crippen molar-refractivity contribution < 1.29 is 14.2 Å². The fourth-order valence-electron chi connectivity index (χ4n) is 3.97. The molecular formula is C25H24ClO3P. The van der Waals surface area contributed by atoms with E-state index in [1.54, 1.807) is 55.5 Å². The molecule has 0 aromatic heterocycles. The Hall–Kier alpha value is -2.48. The molecule has 154 valence electrons. The number of carbonyl (C=O) groups excluding carboxylic acids is 2. The van der Waals surface area contributed by atoms with Gasteiger partial charge >= 0.3 is 0 Å². The Kier molecular flexibility index (Phi) is 6.75. The van der Waals surface area contributed by atoms with Crippen LogP contribution in [0.5, 0.6) is 0 Å². The van der Waals surface area contributed by atoms with Gasteiger partial charge in [0.1, 0.15) is 0 Å². The summed E-state index contributed by atoms with van der Waals surface area (Å²) in [5, 5.41) is 0.961. The first-order valence-corrected chi connectivity index (χ1v) is 12.0. The van der Waals surface area contributed by atoms with Gasteiger partial charge in [-0.2, -0.15) is 0 Å². The highest BCUT2D eigenvalue weighted by Gasteiger charge is 2.38. The first-order chi connectivity index (χ1) is 14.3. The number of carbonyl (C=O) groups is 2. The number of benzene rings is 3. The van der Waals surface area contributed by atoms with E-state index < -0.39 is 12.7 Å². The smallest absolute Gasteiger partial charge is 0.230 e. The van der Waals surface area contributed by atoms with Crippen molar-refractivity contribution >= 4 is 40.7 Å². The quantitative estimate of drug-likeness (QED) is 0.275. The summed E-state index contributed by atoms with van der Waals surface area (Å²) >= 11 is 5.78. The lowest BCUT2D eigenvalue weighted by Crippen LogP contribution is -2.24. The molecule has 0 radical (unpaired) electrons. The molecule has 3 rings (SSSR count). The highest BCUT2D eigenvalue weighted by atomic mass is 35.5. The van der Waals surface area contributed by atoms with Crippen LogP contribution in [0.3, 0.4) is 0 Å². The Morgan fingerprint density at radius 2 is 1.27 bits per heavy atom. The number of halogens is 1. The van der Waals surface area contributed by atoms with E-state index in [1.807, 2.05) is 32.0 Å². The number of hydrogen-bond donors (Lipinski definition) is 0. The van der Waals surface area contributed by atoms with Gasteiger partial charge in [0.25, 0.3) is 0 Å². The van der Waals surface area contributed by atoms with Crippen LogP contribution in [0, 0.1) is 20.8 Å². The SMILES string of the molecule is Cc1cc(C)c(C(=O)P(=O)(c2ccccc2)c2ccccc2)c(C)c1C(=O)CCCl. The molecule has 0 saturated carbocycles. The number of ketones is 1. The van der Waals surface area contributed by atoms with Gasteiger partial charge in [0, 0.05) is 34.0 Å². The van der Waals surface area contributed by atoms with Crippen LogP contribution in [0.4, 0.5) is 0 Å². The van der Waals surface area contributed by atoms with E-state index in [1.165, 1.54) is 0 Å². The van der Waals surface area contributed by atoms with E-state index >= 15 is 0 Å². The first kappa shape index (κ1) is 22.2. The molecule has 0 aliphatic rings. The predicted octanol–water partition coefficient (Wildman–Crippen LogP) is 5.58. The van der Waals surface area contributed by atoms with Crippen molar-refractivity contribution in [3.8, 4) is 0 Å². The number of alkyl halides is 1. The normalized spacial score (nSPS) is 11.3. The van der Waals surface area contributed by atoms with Gasteiger partial charge in [0.2, 0.25) is 12.7 Å². The van der Waals surface area contributed by atoms with E-state index in [-0.39, 0.29) is 18.1 Å². The maximum absolute atomic E-state index is 14.5. The van der Waals surface area contributed by atoms with Gasteiger partial charge in [-0.15, -0.1) is 11.6 Å². The van der Waals surface area contributed by atoms with Gasteiger partial charge < -0.3 is 4.57 Å². The van der Waals surface area contributed by atoms with Crippen molar-refractivity contribution in [3.63, 3.8) is 0 Å². The monoisotopic (exact) mass is 438 g/mol. The molecule has 0 spiro atoms. The van der Waals surface area contributed by atoms with E-state index in [2.05, 4.69) is 0 Å². The summed E-state index contributed by atoms with van der Waals surface area (Å²) < 4.78 is 14.5. The highest BCUT2D eigenvalue weighted by molar-refractivity contribution is 7.93. The van der Waals surface area contributed by atoms with Crippen LogP contribution in [0.25, 0.3) is 0 Å². The lowest BCUT2D eigenvalue weighted by atomic mass is 9.91. The Morgan fingerprint density at radius 1 is 0.800 bits per heavy atom. The van der Waals surface area contributed by atoms with Crippen LogP contribution >= 0.6 is 18.7 Å². The third-order valence-electron chi connectivity index (χ3n) is 5.31. The van der Waals surface area contributed by atoms with E-state index in [9.17, 15) is 14.2 Å². The van der Waals surface area contributed by atoms with Crippen molar-refractivity contribution in [2.24, 2.45) is 0 Å². The average molecular weight is 439 g/mol. The molecule has 0 fully saturated rings. The average Bonchev–Trinajstić information content (AvgIpc) is 2.74. The van der Waals surface area contributed by atoms with Crippen molar-refractivity contribution in [2.45, 2.75) is 27.2 Å². The van der Waals surface area contributed by atoms with E-state index in [0.29, 0.717) is 32.9 Å². The molecule has 0 amide bonds. The number of hydrogen-bond acceptors (Lipinski definition) is 3. The summed E-state index contributed by atoms with van der Waals surface area (Å²) in [7, 11) is -3.65. The number of Topliss-reactive ketones (excluding diaryl/α,β-unsaturated/α-hetero) is 1. The van der Waals surface area contributed by atoms with Crippen LogP contribution in [-0.2, 0) is 4.57 Å². The Bertz CT molecular complexity index is 1090. The zero-order valence-electron chi connectivity index (χ0n) is 17.3. The molecule has 0 atom stereocenters. The largest absolute Gasteiger partial charge is 0.305 e. The summed E-state index contributed by atoms with van der Waals surface area (Å²) in [4.78, 5) is 26.7. The topological polar surface area (TPSA) is 51.2 Å². The number of aryl methyl sites for hydroxylation is 2. The van der Waals surface area contributed by atoms with Crippen molar-refractivity contribution in [3.05, 3.63) is 94.5 Å². The van der Waals surface area contributed by atoms with Crippen LogP contribution < -0.4 is 10.6 Å². The molecule has 0 aliphatic carbocycles. The maximum Gasteiger partial charge on any atom is 0.230 e. The molecule has 0 bridgehead atoms. The van der Waals surface area contributed by atoms with Gasteiger partial charge in [-0.3, -0.25) is 9.59 Å². The lowest BCUT2D eigenvalue weighted by Gasteiger charge is -2.22. The standard InChI is InChI=1S/C25H24ClO3P/c1-17-16-18(2)24(19(3)23(17)22(27)14-15-26)25(28)30(29,20-10-6-4-7-11-20)21-12-8-5-9-13-21/h4-13,16H,14-15H2,1-3H3. The molecule has 0 unspecified atom stereocenters. The van der Waals surface area contributed by atoms with Crippen molar-refractivity contribution in [1.82, 2.24) is 0 Å². The minimum Gasteiger partial charge on any atom is -0.305 e. The van der Waals surface area contributed by atoms with Crippen LogP contribution in [0.2, 0.25) is 0 Å². The molecule has 0 heterocycles. The van der Waals surface area contributed by atoms with Crippen LogP contribution in [0.1, 0.15) is 43.8 Å². The second kappa shape index (κ2) is 9.12. The molecule has 0 N–H and O–H groups in total. The van der Waals surface area contributed by atoms with Crippen molar-refractivity contribution in [2.75, 3.05) is 5.88 Å². The molecule has 3 aromatic carbocycles. The summed E-state index contributed by atoms with van der Waals surface area (Å²) in [6.07, 6.45) is 0.189. The molecule has 30 heavy (non-hydrogen) atoms. The number of rotatable bonds is 7. The Labute approximate surface area is 182 Å². The first-order valence-electron chi connectivity index (χ1n) is 9.78. The molecule has 3 aromatic rings. The van der Waals surface area contributed by atoms with Gasteiger partial charge in [-0.05, 0) is 37.5 Å². The van der Waals surface area contributed by atoms with Crippen LogP contribution in [-0.4, -0.2) is 17.2 Å². The van der Waals surface area contributed by atoms with E-state index in [0.717, 1.165) is 5.56 Å². The van der Waals surface area contributed by atoms with Gasteiger partial charge in [0.15, 0.2) is 5.78 Å². The van der Waals surface area contributed by atoms with Crippen LogP contribution in [0.15, 0.2) is 66.7 Å². The predicted molar refractivity (Wildman–Crippen MR) is 124 cm³/mol. The molecule has 5 heteroatoms. The molecule has 0 aliphatic heterocycles. The fourth-order valence-corrected chi connectivity index (χ4v) is 6.75. The lowest BCUT2D eigenvalue weighted by molar-refractivity contribution is 0.0988. The van der Waals surface area contributed by atoms with Gasteiger partial charge in [-0.1, -0.05) is 66.7 Å². The van der Waals surface area contributed by atoms with Gasteiger partial charge in [0.05, 0.1) is 0 Å². The fraction of sp³-hybridized carbons (Fsp3) is 0.200. The molecule has 3 nitrogen and oxygen atoms in total. The highest BCUT2D eigenvalue weighted by Crippen LogP contribution is 2.48. The maximum atomic E-state index is 14.5. The third-order valence-corrected chi connectivity index (χ3v) is 8.35. The second-order valence-electron chi connectivity index (χ2n) is 7.33. The van der Waals surface area contributed by atoms with Crippen molar-refractivity contribution in [1.29, 1.82) is 0 Å². The Balaban J connectivity index is 2.29. The zero-order chi connectivity index (χ0) is 21.9. The van der Waals surface area contributed by atoms with E-state index in [4.69, 9.17) is 11.6 Å². The summed E-state index contributed by atoms with van der Waals surface area (Å²) in [5.74, 6) is 0.102. The minimum atomic E-state index is -3.65. The summed E-state index contributed by atoms with van der Waals surface area (Å²) in [6, 6.07) is 19.5. The zero-order valence-corrected chi connectivity index (χ0v) is 19.0. The Morgan fingerprint density at radius 3 is 1.73 bits per heavy atom. The molecule has 0 saturated heterocycles. The summed E-state index contributed by atoms with van der Waals surface area (Å²) in [5.41, 5.74) is 2.48. The minimum absolute atomic E-state index is 0.108. The third kappa shape index (κ3) is 3.93. The summed E-state index contributed by atoms with van der Waals surface area (Å²) in [6.45, 7) is 5.43. The molecular weight excluding hydrogens is 415 g/mol. The second-order valence-corrected chi connectivity index (χ2v) is 10.4. The van der Waals surface area contributed by atoms with Gasteiger partial charge in [-0.25, -0.2) is 0 Å².